The lowest BCUT2D eigenvalue weighted by Gasteiger charge is -2.35. The van der Waals surface area contributed by atoms with E-state index in [0.29, 0.717) is 24.4 Å². The smallest absolute Gasteiger partial charge is 0.410 e. The molecule has 13 heteroatoms. The van der Waals surface area contributed by atoms with E-state index in [0.717, 1.165) is 17.9 Å². The predicted molar refractivity (Wildman–Crippen MR) is 129 cm³/mol. The van der Waals surface area contributed by atoms with E-state index < -0.39 is 35.7 Å². The molecule has 3 aliphatic rings. The standard InChI is InChI=1S/C24H38N6O7/c1-22(2,3)35-19(31)25-18(26-20(32)36-23(4,5)6)28(7)12-14-10-15(27-37-14)16-11-24(8-9-24)17-13-29(16)21(33)30(17)34/h10,16-18,34H,8-9,11-13H2,1-7H3,(H,25,31)(H,26,32)/t16-,17-/m0/s1. The van der Waals surface area contributed by atoms with E-state index in [9.17, 15) is 19.6 Å². The minimum Gasteiger partial charge on any atom is -0.444 e. The number of urea groups is 1. The number of amides is 4. The van der Waals surface area contributed by atoms with Crippen molar-refractivity contribution in [2.75, 3.05) is 13.6 Å². The van der Waals surface area contributed by atoms with Gasteiger partial charge in [-0.3, -0.25) is 20.7 Å². The van der Waals surface area contributed by atoms with Crippen LogP contribution < -0.4 is 10.6 Å². The third kappa shape index (κ3) is 6.09. The summed E-state index contributed by atoms with van der Waals surface area (Å²) in [4.78, 5) is 40.8. The second-order valence-electron chi connectivity index (χ2n) is 12.2. The molecule has 2 aliphatic heterocycles. The Hall–Kier alpha value is -3.06. The van der Waals surface area contributed by atoms with Crippen LogP contribution in [0.3, 0.4) is 0 Å². The lowest BCUT2D eigenvalue weighted by Crippen LogP contribution is -2.58. The molecular formula is C24H38N6O7. The zero-order valence-corrected chi connectivity index (χ0v) is 22.5. The Morgan fingerprint density at radius 1 is 1.19 bits per heavy atom. The Labute approximate surface area is 216 Å². The van der Waals surface area contributed by atoms with Crippen LogP contribution in [0.1, 0.15) is 78.3 Å². The van der Waals surface area contributed by atoms with Crippen LogP contribution in [0.25, 0.3) is 0 Å². The molecule has 0 unspecified atom stereocenters. The molecule has 1 spiro atoms. The van der Waals surface area contributed by atoms with E-state index in [1.165, 1.54) is 0 Å². The van der Waals surface area contributed by atoms with Gasteiger partial charge in [0.2, 0.25) is 0 Å². The Kier molecular flexibility index (Phi) is 6.82. The first-order valence-electron chi connectivity index (χ1n) is 12.5. The number of rotatable bonds is 6. The number of carbonyl (C=O) groups is 3. The van der Waals surface area contributed by atoms with Crippen LogP contribution in [-0.2, 0) is 16.0 Å². The Morgan fingerprint density at radius 2 is 1.76 bits per heavy atom. The van der Waals surface area contributed by atoms with Crippen LogP contribution in [0, 0.1) is 5.41 Å². The van der Waals surface area contributed by atoms with Crippen molar-refractivity contribution in [2.45, 2.75) is 96.9 Å². The van der Waals surface area contributed by atoms with Gasteiger partial charge in [-0.2, -0.15) is 0 Å². The van der Waals surface area contributed by atoms with Crippen molar-refractivity contribution in [3.05, 3.63) is 17.5 Å². The summed E-state index contributed by atoms with van der Waals surface area (Å²) in [6.45, 7) is 11.1. The van der Waals surface area contributed by atoms with Crippen molar-refractivity contribution in [1.29, 1.82) is 0 Å². The fraction of sp³-hybridized carbons (Fsp3) is 0.750. The van der Waals surface area contributed by atoms with Gasteiger partial charge in [0.25, 0.3) is 0 Å². The topological polar surface area (TPSA) is 150 Å². The molecule has 206 valence electrons. The van der Waals surface area contributed by atoms with Crippen molar-refractivity contribution >= 4 is 18.2 Å². The maximum absolute atomic E-state index is 12.6. The first-order chi connectivity index (χ1) is 17.1. The highest BCUT2D eigenvalue weighted by Crippen LogP contribution is 2.61. The fourth-order valence-corrected chi connectivity index (χ4v) is 4.91. The number of nitrogens with zero attached hydrogens (tertiary/aromatic N) is 4. The molecule has 2 atom stereocenters. The summed E-state index contributed by atoms with van der Waals surface area (Å²) in [5.74, 6) is 0.471. The third-order valence-electron chi connectivity index (χ3n) is 6.75. The molecule has 13 nitrogen and oxygen atoms in total. The fourth-order valence-electron chi connectivity index (χ4n) is 4.91. The van der Waals surface area contributed by atoms with Gasteiger partial charge in [0, 0.05) is 12.6 Å². The number of hydroxylamine groups is 2. The van der Waals surface area contributed by atoms with Crippen LogP contribution in [0.2, 0.25) is 0 Å². The summed E-state index contributed by atoms with van der Waals surface area (Å²) >= 11 is 0. The molecular weight excluding hydrogens is 484 g/mol. The maximum Gasteiger partial charge on any atom is 0.410 e. The summed E-state index contributed by atoms with van der Waals surface area (Å²) in [6, 6.07) is 0.890. The van der Waals surface area contributed by atoms with Crippen LogP contribution >= 0.6 is 0 Å². The SMILES string of the molecule is CN(Cc1cc([C@@H]2CC3(CC3)[C@@H]3CN2C(=O)N3O)no1)C(NC(=O)OC(C)(C)C)NC(=O)OC(C)(C)C. The zero-order valence-electron chi connectivity index (χ0n) is 22.5. The van der Waals surface area contributed by atoms with Crippen molar-refractivity contribution in [3.63, 3.8) is 0 Å². The average molecular weight is 523 g/mol. The van der Waals surface area contributed by atoms with E-state index in [1.54, 1.807) is 64.5 Å². The van der Waals surface area contributed by atoms with E-state index >= 15 is 0 Å². The molecule has 1 aromatic heterocycles. The second-order valence-corrected chi connectivity index (χ2v) is 12.2. The molecule has 1 aliphatic carbocycles. The van der Waals surface area contributed by atoms with Gasteiger partial charge in [0.05, 0.1) is 18.6 Å². The average Bonchev–Trinajstić information content (AvgIpc) is 3.25. The van der Waals surface area contributed by atoms with Crippen molar-refractivity contribution < 1.29 is 33.6 Å². The molecule has 4 amide bonds. The summed E-state index contributed by atoms with van der Waals surface area (Å²) < 4.78 is 16.3. The molecule has 0 aromatic carbocycles. The molecule has 1 aromatic rings. The number of nitrogens with one attached hydrogen (secondary N) is 2. The molecule has 3 fully saturated rings. The monoisotopic (exact) mass is 522 g/mol. The molecule has 4 rings (SSSR count). The van der Waals surface area contributed by atoms with Crippen molar-refractivity contribution in [2.24, 2.45) is 5.41 Å². The van der Waals surface area contributed by atoms with Gasteiger partial charge in [-0.15, -0.1) is 0 Å². The van der Waals surface area contributed by atoms with Crippen LogP contribution in [0.5, 0.6) is 0 Å². The predicted octanol–water partition coefficient (Wildman–Crippen LogP) is 3.16. The number of aromatic nitrogens is 1. The van der Waals surface area contributed by atoms with Gasteiger partial charge in [-0.1, -0.05) is 5.16 Å². The van der Waals surface area contributed by atoms with E-state index in [1.807, 2.05) is 0 Å². The van der Waals surface area contributed by atoms with Gasteiger partial charge in [-0.05, 0) is 73.3 Å². The Balaban J connectivity index is 1.45. The summed E-state index contributed by atoms with van der Waals surface area (Å²) in [6.07, 6.45) is 0.234. The summed E-state index contributed by atoms with van der Waals surface area (Å²) in [5.41, 5.74) is -0.923. The Morgan fingerprint density at radius 3 is 2.27 bits per heavy atom. The van der Waals surface area contributed by atoms with Gasteiger partial charge in [0.15, 0.2) is 12.0 Å². The highest BCUT2D eigenvalue weighted by Gasteiger charge is 2.63. The van der Waals surface area contributed by atoms with E-state index in [-0.39, 0.29) is 24.0 Å². The molecule has 3 N–H and O–H groups in total. The van der Waals surface area contributed by atoms with Crippen LogP contribution in [0.15, 0.2) is 10.6 Å². The molecule has 1 saturated carbocycles. The summed E-state index contributed by atoms with van der Waals surface area (Å²) in [7, 11) is 1.68. The number of ether oxygens (including phenoxy) is 2. The van der Waals surface area contributed by atoms with Gasteiger partial charge in [0.1, 0.15) is 16.9 Å². The molecule has 2 saturated heterocycles. The normalized spacial score (nSPS) is 22.6. The zero-order chi connectivity index (χ0) is 27.3. The lowest BCUT2D eigenvalue weighted by molar-refractivity contribution is -0.0782. The Bertz CT molecular complexity index is 1010. The highest BCUT2D eigenvalue weighted by molar-refractivity contribution is 5.77. The van der Waals surface area contributed by atoms with Crippen molar-refractivity contribution in [1.82, 2.24) is 30.7 Å². The number of piperidine rings is 1. The van der Waals surface area contributed by atoms with Gasteiger partial charge in [-0.25, -0.2) is 19.4 Å². The van der Waals surface area contributed by atoms with E-state index in [4.69, 9.17) is 14.0 Å². The van der Waals surface area contributed by atoms with Crippen LogP contribution in [-0.4, -0.2) is 80.6 Å². The molecule has 3 heterocycles. The lowest BCUT2D eigenvalue weighted by atomic mass is 9.84. The number of hydrogen-bond donors (Lipinski definition) is 3. The summed E-state index contributed by atoms with van der Waals surface area (Å²) in [5, 5.41) is 20.6. The first kappa shape index (κ1) is 27.0. The molecule has 2 bridgehead atoms. The number of carbonyl (C=O) groups excluding carboxylic acids is 3. The van der Waals surface area contributed by atoms with Gasteiger partial charge >= 0.3 is 18.2 Å². The molecule has 37 heavy (non-hydrogen) atoms. The third-order valence-corrected chi connectivity index (χ3v) is 6.75. The quantitative estimate of drug-likeness (QED) is 0.378. The minimum absolute atomic E-state index is 0.0717. The van der Waals surface area contributed by atoms with Crippen molar-refractivity contribution in [3.8, 4) is 0 Å². The van der Waals surface area contributed by atoms with Crippen LogP contribution in [0.4, 0.5) is 14.4 Å². The second kappa shape index (κ2) is 9.35. The number of fused-ring (bicyclic) bond motifs is 3. The molecule has 0 radical (unpaired) electrons. The number of hydrogen-bond acceptors (Lipinski definition) is 9. The minimum atomic E-state index is -0.980. The highest BCUT2D eigenvalue weighted by atomic mass is 16.6. The van der Waals surface area contributed by atoms with Gasteiger partial charge < -0.3 is 18.9 Å². The largest absolute Gasteiger partial charge is 0.444 e. The number of alkyl carbamates (subject to hydrolysis) is 2. The van der Waals surface area contributed by atoms with E-state index in [2.05, 4.69) is 15.8 Å². The maximum atomic E-state index is 12.6. The first-order valence-corrected chi connectivity index (χ1v) is 12.5.